The molecule has 4 nitrogen and oxygen atoms in total. The first-order valence-electron chi connectivity index (χ1n) is 7.16. The monoisotopic (exact) mass is 292 g/mol. The van der Waals surface area contributed by atoms with Crippen LogP contribution in [0.15, 0.2) is 53.3 Å². The lowest BCUT2D eigenvalue weighted by atomic mass is 10.1. The maximum absolute atomic E-state index is 12.0. The van der Waals surface area contributed by atoms with E-state index in [2.05, 4.69) is 16.9 Å². The van der Waals surface area contributed by atoms with Gasteiger partial charge in [-0.1, -0.05) is 43.3 Å². The van der Waals surface area contributed by atoms with E-state index in [1.165, 1.54) is 11.6 Å². The molecule has 0 fully saturated rings. The number of aryl methyl sites for hydroxylation is 1. The maximum Gasteiger partial charge on any atom is 0.274 e. The highest BCUT2D eigenvalue weighted by Gasteiger charge is 2.05. The van der Waals surface area contributed by atoms with Crippen molar-refractivity contribution in [3.63, 3.8) is 0 Å². The predicted octanol–water partition coefficient (Wildman–Crippen LogP) is 3.54. The first kappa shape index (κ1) is 14.1. The molecule has 0 radical (unpaired) electrons. The van der Waals surface area contributed by atoms with Gasteiger partial charge in [0.05, 0.1) is 11.0 Å². The topological polar surface area (TPSA) is 66.0 Å². The Morgan fingerprint density at radius 1 is 1.18 bits per heavy atom. The fourth-order valence-electron chi connectivity index (χ4n) is 2.27. The Hall–Kier alpha value is -2.88. The minimum atomic E-state index is -0.324. The summed E-state index contributed by atoms with van der Waals surface area (Å²) in [6.45, 7) is 2.07. The fourth-order valence-corrected chi connectivity index (χ4v) is 2.27. The summed E-state index contributed by atoms with van der Waals surface area (Å²) in [7, 11) is 0. The standard InChI is InChI=1S/C18H16N2O2/c1-2-12-7-9-13(10-8-12)17(21)11-16-18(22)20-15-6-4-3-5-14(15)19-16/h3-11,21H,2H2,1H3,(H,20,22). The normalized spacial score (nSPS) is 11.8. The number of H-pyrrole nitrogens is 1. The maximum atomic E-state index is 12.0. The Bertz CT molecular complexity index is 893. The molecule has 2 aromatic carbocycles. The average molecular weight is 292 g/mol. The number of nitrogens with zero attached hydrogens (tertiary/aromatic N) is 1. The summed E-state index contributed by atoms with van der Waals surface area (Å²) in [6.07, 6.45) is 2.34. The summed E-state index contributed by atoms with van der Waals surface area (Å²) in [5.74, 6) is 0.0240. The zero-order valence-corrected chi connectivity index (χ0v) is 12.2. The lowest BCUT2D eigenvalue weighted by Crippen LogP contribution is -2.12. The third-order valence-electron chi connectivity index (χ3n) is 3.56. The molecule has 3 rings (SSSR count). The number of aromatic amines is 1. The number of aliphatic hydroxyl groups excluding tert-OH is 1. The van der Waals surface area contributed by atoms with Crippen molar-refractivity contribution in [2.24, 2.45) is 0 Å². The first-order chi connectivity index (χ1) is 10.7. The number of fused-ring (bicyclic) bond motifs is 1. The molecule has 0 aliphatic heterocycles. The van der Waals surface area contributed by atoms with Crippen molar-refractivity contribution < 1.29 is 5.11 Å². The lowest BCUT2D eigenvalue weighted by Gasteiger charge is -2.03. The minimum absolute atomic E-state index is 0.0240. The third-order valence-corrected chi connectivity index (χ3v) is 3.56. The van der Waals surface area contributed by atoms with Gasteiger partial charge in [-0.15, -0.1) is 0 Å². The molecule has 0 saturated heterocycles. The van der Waals surface area contributed by atoms with Crippen molar-refractivity contribution in [3.05, 3.63) is 75.7 Å². The quantitative estimate of drug-likeness (QED) is 0.726. The minimum Gasteiger partial charge on any atom is -0.507 e. The second-order valence-corrected chi connectivity index (χ2v) is 5.05. The van der Waals surface area contributed by atoms with Crippen LogP contribution in [0.3, 0.4) is 0 Å². The molecule has 3 aromatic rings. The van der Waals surface area contributed by atoms with Gasteiger partial charge in [0.25, 0.3) is 5.56 Å². The molecule has 0 saturated carbocycles. The summed E-state index contributed by atoms with van der Waals surface area (Å²) >= 11 is 0. The van der Waals surface area contributed by atoms with E-state index in [9.17, 15) is 9.90 Å². The van der Waals surface area contributed by atoms with Crippen LogP contribution in [0.1, 0.15) is 23.7 Å². The Morgan fingerprint density at radius 2 is 1.91 bits per heavy atom. The smallest absolute Gasteiger partial charge is 0.274 e. The van der Waals surface area contributed by atoms with Crippen molar-refractivity contribution in [3.8, 4) is 0 Å². The van der Waals surface area contributed by atoms with E-state index < -0.39 is 0 Å². The van der Waals surface area contributed by atoms with Crippen molar-refractivity contribution in [1.82, 2.24) is 9.97 Å². The van der Waals surface area contributed by atoms with Crippen LogP contribution in [0.5, 0.6) is 0 Å². The van der Waals surface area contributed by atoms with Crippen molar-refractivity contribution in [2.75, 3.05) is 0 Å². The summed E-state index contributed by atoms with van der Waals surface area (Å²) in [6, 6.07) is 14.9. The molecule has 0 atom stereocenters. The lowest BCUT2D eigenvalue weighted by molar-refractivity contribution is 0.515. The molecule has 2 N–H and O–H groups in total. The van der Waals surface area contributed by atoms with E-state index in [0.29, 0.717) is 16.6 Å². The average Bonchev–Trinajstić information content (AvgIpc) is 2.55. The SMILES string of the molecule is CCc1ccc(C(O)=Cc2nc3ccccc3[nH]c2=O)cc1. The van der Waals surface area contributed by atoms with Crippen molar-refractivity contribution in [1.29, 1.82) is 0 Å². The third kappa shape index (κ3) is 2.76. The molecule has 1 heterocycles. The van der Waals surface area contributed by atoms with Crippen LogP contribution in [-0.4, -0.2) is 15.1 Å². The van der Waals surface area contributed by atoms with Crippen LogP contribution in [0.2, 0.25) is 0 Å². The van der Waals surface area contributed by atoms with Gasteiger partial charge < -0.3 is 10.1 Å². The Labute approximate surface area is 127 Å². The molecule has 110 valence electrons. The number of hydrogen-bond donors (Lipinski definition) is 2. The second kappa shape index (κ2) is 5.85. The van der Waals surface area contributed by atoms with Gasteiger partial charge in [-0.2, -0.15) is 0 Å². The molecular formula is C18H16N2O2. The Morgan fingerprint density at radius 3 is 2.64 bits per heavy atom. The zero-order valence-electron chi connectivity index (χ0n) is 12.2. The van der Waals surface area contributed by atoms with Crippen LogP contribution in [0.25, 0.3) is 22.9 Å². The van der Waals surface area contributed by atoms with Gasteiger partial charge in [0, 0.05) is 11.6 Å². The van der Waals surface area contributed by atoms with Gasteiger partial charge >= 0.3 is 0 Å². The predicted molar refractivity (Wildman–Crippen MR) is 88.7 cm³/mol. The molecule has 1 aromatic heterocycles. The number of aromatic nitrogens is 2. The highest BCUT2D eigenvalue weighted by Crippen LogP contribution is 2.15. The Balaban J connectivity index is 2.02. The molecule has 22 heavy (non-hydrogen) atoms. The van der Waals surface area contributed by atoms with E-state index >= 15 is 0 Å². The van der Waals surface area contributed by atoms with Gasteiger partial charge in [-0.05, 0) is 24.1 Å². The fraction of sp³-hybridized carbons (Fsp3) is 0.111. The van der Waals surface area contributed by atoms with Crippen LogP contribution >= 0.6 is 0 Å². The van der Waals surface area contributed by atoms with Crippen molar-refractivity contribution in [2.45, 2.75) is 13.3 Å². The van der Waals surface area contributed by atoms with Crippen LogP contribution in [0.4, 0.5) is 0 Å². The second-order valence-electron chi connectivity index (χ2n) is 5.05. The molecule has 0 unspecified atom stereocenters. The van der Waals surface area contributed by atoms with Gasteiger partial charge in [-0.25, -0.2) is 4.98 Å². The Kier molecular flexibility index (Phi) is 3.74. The number of para-hydroxylation sites is 2. The number of hydrogen-bond acceptors (Lipinski definition) is 3. The van der Waals surface area contributed by atoms with Gasteiger partial charge in [-0.3, -0.25) is 4.79 Å². The number of nitrogens with one attached hydrogen (secondary N) is 1. The molecule has 0 aliphatic carbocycles. The highest BCUT2D eigenvalue weighted by atomic mass is 16.3. The number of rotatable bonds is 3. The number of aliphatic hydroxyl groups is 1. The summed E-state index contributed by atoms with van der Waals surface area (Å²) < 4.78 is 0. The van der Waals surface area contributed by atoms with Crippen LogP contribution in [-0.2, 0) is 6.42 Å². The van der Waals surface area contributed by atoms with E-state index in [0.717, 1.165) is 6.42 Å². The first-order valence-corrected chi connectivity index (χ1v) is 7.16. The van der Waals surface area contributed by atoms with E-state index in [1.807, 2.05) is 42.5 Å². The molecule has 0 amide bonds. The van der Waals surface area contributed by atoms with E-state index in [1.54, 1.807) is 6.07 Å². The van der Waals surface area contributed by atoms with Crippen LogP contribution in [0, 0.1) is 0 Å². The molecular weight excluding hydrogens is 276 g/mol. The van der Waals surface area contributed by atoms with Gasteiger partial charge in [0.15, 0.2) is 0 Å². The van der Waals surface area contributed by atoms with E-state index in [-0.39, 0.29) is 17.0 Å². The van der Waals surface area contributed by atoms with E-state index in [4.69, 9.17) is 0 Å². The summed E-state index contributed by atoms with van der Waals surface area (Å²) in [5, 5.41) is 10.2. The molecule has 4 heteroatoms. The summed E-state index contributed by atoms with van der Waals surface area (Å²) in [4.78, 5) is 19.1. The largest absolute Gasteiger partial charge is 0.507 e. The molecule has 0 bridgehead atoms. The number of benzene rings is 2. The molecule has 0 spiro atoms. The molecule has 0 aliphatic rings. The van der Waals surface area contributed by atoms with Crippen molar-refractivity contribution >= 4 is 22.9 Å². The highest BCUT2D eigenvalue weighted by molar-refractivity contribution is 5.79. The summed E-state index contributed by atoms with van der Waals surface area (Å²) in [5.41, 5.74) is 3.08. The zero-order chi connectivity index (χ0) is 15.5. The van der Waals surface area contributed by atoms with Gasteiger partial charge in [0.1, 0.15) is 11.5 Å². The van der Waals surface area contributed by atoms with Gasteiger partial charge in [0.2, 0.25) is 0 Å². The van der Waals surface area contributed by atoms with Crippen LogP contribution < -0.4 is 5.56 Å².